The van der Waals surface area contributed by atoms with Crippen molar-refractivity contribution in [2.75, 3.05) is 25.5 Å². The molecule has 8 nitrogen and oxygen atoms in total. The minimum absolute atomic E-state index is 0.0976. The first kappa shape index (κ1) is 20.9. The second-order valence-corrected chi connectivity index (χ2v) is 9.13. The molecule has 1 aliphatic heterocycles. The van der Waals surface area contributed by atoms with E-state index in [0.29, 0.717) is 13.2 Å². The van der Waals surface area contributed by atoms with Gasteiger partial charge in [-0.05, 0) is 74.2 Å². The number of urea groups is 1. The highest BCUT2D eigenvalue weighted by molar-refractivity contribution is 7.80. The number of anilines is 1. The number of carbonyl (C=O) groups excluding carboxylic acids is 1. The Balaban J connectivity index is 1.57. The van der Waals surface area contributed by atoms with Crippen LogP contribution in [0, 0.1) is 5.41 Å². The number of thiol groups is 1. The van der Waals surface area contributed by atoms with Crippen molar-refractivity contribution in [3.05, 3.63) is 39.1 Å². The average molecular weight is 432 g/mol. The molecule has 0 aromatic heterocycles. The number of carbonyl (C=O) groups is 1. The van der Waals surface area contributed by atoms with Gasteiger partial charge in [0.15, 0.2) is 0 Å². The largest absolute Gasteiger partial charge is 0.478 e. The van der Waals surface area contributed by atoms with E-state index in [1.54, 1.807) is 0 Å². The Hall–Kier alpha value is -2.39. The highest BCUT2D eigenvalue weighted by Crippen LogP contribution is 2.38. The number of hydrogen-bond donors (Lipinski definition) is 5. The number of amides is 2. The minimum atomic E-state index is -2.45. The van der Waals surface area contributed by atoms with Crippen molar-refractivity contribution in [1.82, 2.24) is 10.6 Å². The van der Waals surface area contributed by atoms with Crippen LogP contribution in [0.4, 0.5) is 10.5 Å². The molecule has 1 aromatic rings. The Morgan fingerprint density at radius 2 is 1.97 bits per heavy atom. The summed E-state index contributed by atoms with van der Waals surface area (Å²) in [6.07, 6.45) is 7.90. The maximum atomic E-state index is 12.8. The fraction of sp³-hybridized carbons (Fsp3) is 0.524. The summed E-state index contributed by atoms with van der Waals surface area (Å²) in [5.41, 5.74) is 5.90. The van der Waals surface area contributed by atoms with E-state index in [1.165, 1.54) is 22.3 Å². The Bertz CT molecular complexity index is 949. The standard InChI is InChI=1S/C21H29N5O3S/c1-23-15-8-9-29-20(24-12-15)18(11-22)30(28)26-21(27)25-19-16-6-2-4-13(16)10-14-5-3-7-17(14)19/h10-11,15,22-24,30H,2-9,12H2,1H3,(H,25,27)/b20-18-,22-11?/t15-/m0/s1. The molecule has 0 spiro atoms. The molecule has 4 rings (SSSR count). The molecule has 1 aromatic carbocycles. The van der Waals surface area contributed by atoms with Gasteiger partial charge in [-0.3, -0.25) is 0 Å². The molecule has 1 unspecified atom stereocenters. The molecule has 3 aliphatic rings. The van der Waals surface area contributed by atoms with Gasteiger partial charge in [-0.1, -0.05) is 6.07 Å². The van der Waals surface area contributed by atoms with Gasteiger partial charge in [0.1, 0.15) is 4.91 Å². The molecule has 1 fully saturated rings. The van der Waals surface area contributed by atoms with Crippen molar-refractivity contribution in [2.45, 2.75) is 51.0 Å². The molecule has 1 saturated heterocycles. The molecule has 2 amide bonds. The number of fused-ring (bicyclic) bond motifs is 2. The number of benzene rings is 1. The van der Waals surface area contributed by atoms with Crippen LogP contribution in [-0.4, -0.2) is 42.7 Å². The molecule has 162 valence electrons. The molecule has 0 radical (unpaired) electrons. The van der Waals surface area contributed by atoms with Crippen LogP contribution in [0.1, 0.15) is 41.5 Å². The Morgan fingerprint density at radius 1 is 1.27 bits per heavy atom. The smallest absolute Gasteiger partial charge is 0.353 e. The van der Waals surface area contributed by atoms with Gasteiger partial charge in [0.25, 0.3) is 0 Å². The Labute approximate surface area is 178 Å². The summed E-state index contributed by atoms with van der Waals surface area (Å²) in [5, 5.41) is 16.8. The summed E-state index contributed by atoms with van der Waals surface area (Å²) >= 11 is 0. The fourth-order valence-corrected chi connectivity index (χ4v) is 5.28. The average Bonchev–Trinajstić information content (AvgIpc) is 3.33. The van der Waals surface area contributed by atoms with Gasteiger partial charge < -0.3 is 26.1 Å². The SMILES string of the molecule is CN[C@H]1CCO/C(=C(C=N)\[SH](=O)=N\C(=O)Nc2c3c(cc4c2CCC4)CCC3)NC1. The lowest BCUT2D eigenvalue weighted by Crippen LogP contribution is -2.34. The van der Waals surface area contributed by atoms with Gasteiger partial charge in [0.2, 0.25) is 5.88 Å². The number of rotatable bonds is 4. The van der Waals surface area contributed by atoms with Crippen LogP contribution < -0.4 is 16.0 Å². The summed E-state index contributed by atoms with van der Waals surface area (Å²) in [5.74, 6) is 0.266. The first-order chi connectivity index (χ1) is 14.6. The number of allylic oxidation sites excluding steroid dienone is 1. The maximum Gasteiger partial charge on any atom is 0.353 e. The van der Waals surface area contributed by atoms with E-state index < -0.39 is 16.6 Å². The highest BCUT2D eigenvalue weighted by Gasteiger charge is 2.25. The predicted molar refractivity (Wildman–Crippen MR) is 119 cm³/mol. The normalized spacial score (nSPS) is 22.9. The van der Waals surface area contributed by atoms with Crippen LogP contribution in [0.5, 0.6) is 0 Å². The number of aryl methyl sites for hydroxylation is 2. The van der Waals surface area contributed by atoms with E-state index in [-0.39, 0.29) is 16.8 Å². The van der Waals surface area contributed by atoms with E-state index in [9.17, 15) is 9.00 Å². The van der Waals surface area contributed by atoms with Crippen LogP contribution in [-0.2, 0) is 41.0 Å². The van der Waals surface area contributed by atoms with Crippen LogP contribution in [0.15, 0.2) is 21.2 Å². The van der Waals surface area contributed by atoms with Gasteiger partial charge >= 0.3 is 6.03 Å². The van der Waals surface area contributed by atoms with Crippen LogP contribution in [0.2, 0.25) is 0 Å². The Kier molecular flexibility index (Phi) is 6.38. The van der Waals surface area contributed by atoms with Crippen LogP contribution >= 0.6 is 0 Å². The summed E-state index contributed by atoms with van der Waals surface area (Å²) in [6, 6.07) is 1.88. The summed E-state index contributed by atoms with van der Waals surface area (Å²) in [6.45, 7) is 1.02. The van der Waals surface area contributed by atoms with Crippen molar-refractivity contribution in [2.24, 2.45) is 4.36 Å². The zero-order valence-electron chi connectivity index (χ0n) is 17.2. The molecule has 2 aliphatic carbocycles. The zero-order chi connectivity index (χ0) is 21.1. The maximum absolute atomic E-state index is 12.8. The van der Waals surface area contributed by atoms with Crippen molar-refractivity contribution in [3.63, 3.8) is 0 Å². The zero-order valence-corrected chi connectivity index (χ0v) is 18.1. The van der Waals surface area contributed by atoms with Crippen molar-refractivity contribution >= 4 is 28.5 Å². The third kappa shape index (κ3) is 4.22. The summed E-state index contributed by atoms with van der Waals surface area (Å²) in [4.78, 5) is 12.8. The summed E-state index contributed by atoms with van der Waals surface area (Å²) in [7, 11) is -0.582. The third-order valence-electron chi connectivity index (χ3n) is 6.09. The van der Waals surface area contributed by atoms with Crippen molar-refractivity contribution < 1.29 is 13.7 Å². The Morgan fingerprint density at radius 3 is 2.60 bits per heavy atom. The topological polar surface area (TPSA) is 116 Å². The van der Waals surface area contributed by atoms with Gasteiger partial charge in [-0.25, -0.2) is 9.00 Å². The lowest BCUT2D eigenvalue weighted by atomic mass is 9.99. The number of likely N-dealkylation sites (N-methyl/N-ethyl adjacent to an activating group) is 1. The lowest BCUT2D eigenvalue weighted by molar-refractivity contribution is 0.202. The van der Waals surface area contributed by atoms with Gasteiger partial charge in [-0.15, -0.1) is 4.36 Å². The minimum Gasteiger partial charge on any atom is -0.478 e. The van der Waals surface area contributed by atoms with E-state index in [1.807, 2.05) is 7.05 Å². The van der Waals surface area contributed by atoms with Gasteiger partial charge in [-0.2, -0.15) is 0 Å². The number of nitrogens with zero attached hydrogens (tertiary/aromatic N) is 1. The van der Waals surface area contributed by atoms with Gasteiger partial charge in [0.05, 0.1) is 17.2 Å². The molecule has 0 bridgehead atoms. The molecule has 30 heavy (non-hydrogen) atoms. The number of ether oxygens (including phenoxy) is 1. The third-order valence-corrected chi connectivity index (χ3v) is 7.20. The first-order valence-electron chi connectivity index (χ1n) is 10.6. The molecule has 9 heteroatoms. The predicted octanol–water partition coefficient (Wildman–Crippen LogP) is 2.28. The molecular weight excluding hydrogens is 402 g/mol. The monoisotopic (exact) mass is 431 g/mol. The first-order valence-corrected chi connectivity index (χ1v) is 11.8. The van der Waals surface area contributed by atoms with E-state index >= 15 is 0 Å². The summed E-state index contributed by atoms with van der Waals surface area (Å²) < 4.78 is 22.3. The highest BCUT2D eigenvalue weighted by atomic mass is 32.2. The molecule has 0 saturated carbocycles. The van der Waals surface area contributed by atoms with Crippen LogP contribution in [0.25, 0.3) is 0 Å². The van der Waals surface area contributed by atoms with Crippen molar-refractivity contribution in [3.8, 4) is 0 Å². The fourth-order valence-electron chi connectivity index (χ4n) is 4.53. The second-order valence-electron chi connectivity index (χ2n) is 7.90. The second kappa shape index (κ2) is 9.18. The number of hydrogen-bond acceptors (Lipinski definition) is 6. The molecule has 1 heterocycles. The molecule has 2 atom stereocenters. The van der Waals surface area contributed by atoms with Crippen molar-refractivity contribution in [1.29, 1.82) is 5.41 Å². The quantitative estimate of drug-likeness (QED) is 0.371. The van der Waals surface area contributed by atoms with E-state index in [4.69, 9.17) is 10.1 Å². The molecular formula is C21H29N5O3S. The van der Waals surface area contributed by atoms with Gasteiger partial charge in [0, 0.05) is 24.5 Å². The number of nitrogens with one attached hydrogen (secondary N) is 4. The molecule has 4 N–H and O–H groups in total. The van der Waals surface area contributed by atoms with E-state index in [2.05, 4.69) is 26.4 Å². The van der Waals surface area contributed by atoms with E-state index in [0.717, 1.165) is 56.8 Å². The van der Waals surface area contributed by atoms with Crippen LogP contribution in [0.3, 0.4) is 0 Å². The lowest BCUT2D eigenvalue weighted by Gasteiger charge is -2.15.